The summed E-state index contributed by atoms with van der Waals surface area (Å²) in [5.41, 5.74) is 1.85. The van der Waals surface area contributed by atoms with Crippen LogP contribution in [0.5, 0.6) is 5.75 Å². The molecule has 1 N–H and O–H groups in total. The number of benzene rings is 1. The Morgan fingerprint density at radius 2 is 2.00 bits per heavy atom. The van der Waals surface area contributed by atoms with Crippen molar-refractivity contribution in [2.24, 2.45) is 7.05 Å². The molecule has 0 fully saturated rings. The molecule has 3 aromatic rings. The van der Waals surface area contributed by atoms with E-state index in [1.807, 2.05) is 38.1 Å². The summed E-state index contributed by atoms with van der Waals surface area (Å²) in [6.45, 7) is 3.92. The van der Waals surface area contributed by atoms with Gasteiger partial charge in [0, 0.05) is 24.1 Å². The first-order chi connectivity index (χ1) is 12.4. The van der Waals surface area contributed by atoms with Crippen LogP contribution in [0.2, 0.25) is 5.15 Å². The molecule has 0 atom stereocenters. The smallest absolute Gasteiger partial charge is 0.262 e. The molecule has 136 valence electrons. The van der Waals surface area contributed by atoms with Crippen molar-refractivity contribution in [1.29, 1.82) is 0 Å². The summed E-state index contributed by atoms with van der Waals surface area (Å²) in [6.07, 6.45) is 0. The number of carbonyl (C=O) groups is 1. The summed E-state index contributed by atoms with van der Waals surface area (Å²) in [6, 6.07) is 7.39. The van der Waals surface area contributed by atoms with E-state index in [4.69, 9.17) is 16.3 Å². The van der Waals surface area contributed by atoms with Crippen molar-refractivity contribution in [3.63, 3.8) is 0 Å². The number of aryl methyl sites for hydroxylation is 1. The summed E-state index contributed by atoms with van der Waals surface area (Å²) in [4.78, 5) is 17.1. The summed E-state index contributed by atoms with van der Waals surface area (Å²) < 4.78 is 10.9. The number of methoxy groups -OCH3 is 1. The lowest BCUT2D eigenvalue weighted by molar-refractivity contribution is 0.102. The molecule has 9 heteroatoms. The minimum absolute atomic E-state index is 0.0683. The number of anilines is 1. The second-order valence-corrected chi connectivity index (χ2v) is 7.04. The molecule has 0 aliphatic rings. The quantitative estimate of drug-likeness (QED) is 0.711. The molecular formula is C17H18ClN5O2S. The van der Waals surface area contributed by atoms with Crippen molar-refractivity contribution in [2.75, 3.05) is 12.4 Å². The Morgan fingerprint density at radius 1 is 1.31 bits per heavy atom. The van der Waals surface area contributed by atoms with E-state index in [-0.39, 0.29) is 11.8 Å². The van der Waals surface area contributed by atoms with Gasteiger partial charge in [0.05, 0.1) is 12.8 Å². The number of carbonyl (C=O) groups excluding carboxylic acids is 1. The van der Waals surface area contributed by atoms with Gasteiger partial charge in [-0.05, 0) is 30.2 Å². The molecule has 1 amide bonds. The molecule has 3 rings (SSSR count). The second-order valence-electron chi connectivity index (χ2n) is 5.94. The fourth-order valence-electron chi connectivity index (χ4n) is 2.43. The summed E-state index contributed by atoms with van der Waals surface area (Å²) >= 11 is 7.35. The van der Waals surface area contributed by atoms with Gasteiger partial charge in [0.2, 0.25) is 5.13 Å². The fraction of sp³-hybridized carbons (Fsp3) is 0.294. The Morgan fingerprint density at radius 3 is 2.62 bits per heavy atom. The molecule has 0 saturated heterocycles. The molecule has 1 aromatic carbocycles. The van der Waals surface area contributed by atoms with Gasteiger partial charge in [-0.25, -0.2) is 0 Å². The van der Waals surface area contributed by atoms with E-state index in [9.17, 15) is 4.79 Å². The zero-order valence-corrected chi connectivity index (χ0v) is 16.4. The van der Waals surface area contributed by atoms with E-state index in [1.165, 1.54) is 4.68 Å². The molecule has 0 aliphatic carbocycles. The molecule has 0 unspecified atom stereocenters. The average molecular weight is 392 g/mol. The Bertz CT molecular complexity index is 933. The van der Waals surface area contributed by atoms with E-state index >= 15 is 0 Å². The third-order valence-corrected chi connectivity index (χ3v) is 4.84. The van der Waals surface area contributed by atoms with Crippen molar-refractivity contribution in [3.8, 4) is 17.1 Å². The minimum atomic E-state index is -0.343. The molecule has 2 heterocycles. The SMILES string of the molecule is COc1ccc(-c2nsc(NC(=O)c3c(C(C)C)nn(C)c3Cl)n2)cc1. The summed E-state index contributed by atoms with van der Waals surface area (Å²) in [5, 5.41) is 7.78. The number of hydrogen-bond donors (Lipinski definition) is 1. The van der Waals surface area contributed by atoms with Crippen LogP contribution in [0.1, 0.15) is 35.8 Å². The van der Waals surface area contributed by atoms with Gasteiger partial charge in [-0.15, -0.1) is 0 Å². The maximum Gasteiger partial charge on any atom is 0.262 e. The maximum absolute atomic E-state index is 12.7. The van der Waals surface area contributed by atoms with Crippen molar-refractivity contribution in [2.45, 2.75) is 19.8 Å². The maximum atomic E-state index is 12.7. The number of halogens is 1. The van der Waals surface area contributed by atoms with Crippen LogP contribution in [0, 0.1) is 0 Å². The number of hydrogen-bond acceptors (Lipinski definition) is 6. The Hall–Kier alpha value is -2.45. The highest BCUT2D eigenvalue weighted by atomic mass is 35.5. The monoisotopic (exact) mass is 391 g/mol. The van der Waals surface area contributed by atoms with Gasteiger partial charge in [-0.2, -0.15) is 14.5 Å². The number of amides is 1. The van der Waals surface area contributed by atoms with Gasteiger partial charge < -0.3 is 4.74 Å². The van der Waals surface area contributed by atoms with E-state index in [0.717, 1.165) is 22.8 Å². The van der Waals surface area contributed by atoms with E-state index < -0.39 is 0 Å². The van der Waals surface area contributed by atoms with E-state index in [1.54, 1.807) is 14.2 Å². The van der Waals surface area contributed by atoms with Crippen LogP contribution in [0.3, 0.4) is 0 Å². The van der Waals surface area contributed by atoms with Gasteiger partial charge in [-0.3, -0.25) is 14.8 Å². The summed E-state index contributed by atoms with van der Waals surface area (Å²) in [5.74, 6) is 1.02. The molecule has 0 saturated carbocycles. The first-order valence-corrected chi connectivity index (χ1v) is 9.07. The number of aromatic nitrogens is 4. The second kappa shape index (κ2) is 7.43. The Kier molecular flexibility index (Phi) is 5.24. The molecular weight excluding hydrogens is 374 g/mol. The van der Waals surface area contributed by atoms with Crippen LogP contribution in [-0.2, 0) is 7.05 Å². The van der Waals surface area contributed by atoms with Crippen LogP contribution in [0.4, 0.5) is 5.13 Å². The van der Waals surface area contributed by atoms with Gasteiger partial charge in [0.1, 0.15) is 16.5 Å². The lowest BCUT2D eigenvalue weighted by atomic mass is 10.1. The van der Waals surface area contributed by atoms with Gasteiger partial charge in [0.15, 0.2) is 5.82 Å². The standard InChI is InChI=1S/C17H18ClN5O2S/c1-9(2)13-12(14(18)23(3)21-13)16(24)20-17-19-15(22-26-17)10-5-7-11(25-4)8-6-10/h5-9H,1-4H3,(H,19,20,22,24). The number of ether oxygens (including phenoxy) is 1. The van der Waals surface area contributed by atoms with E-state index in [2.05, 4.69) is 19.8 Å². The average Bonchev–Trinajstić information content (AvgIpc) is 3.20. The van der Waals surface area contributed by atoms with Crippen LogP contribution in [-0.4, -0.2) is 32.2 Å². The predicted molar refractivity (Wildman–Crippen MR) is 102 cm³/mol. The normalized spacial score (nSPS) is 11.0. The molecule has 26 heavy (non-hydrogen) atoms. The van der Waals surface area contributed by atoms with Crippen LogP contribution in [0.25, 0.3) is 11.4 Å². The molecule has 0 aliphatic heterocycles. The minimum Gasteiger partial charge on any atom is -0.497 e. The lowest BCUT2D eigenvalue weighted by Crippen LogP contribution is -2.14. The van der Waals surface area contributed by atoms with Crippen molar-refractivity contribution in [3.05, 3.63) is 40.7 Å². The molecule has 0 spiro atoms. The van der Waals surface area contributed by atoms with Gasteiger partial charge in [0.25, 0.3) is 5.91 Å². The van der Waals surface area contributed by atoms with Gasteiger partial charge >= 0.3 is 0 Å². The Labute approximate surface area is 160 Å². The lowest BCUT2D eigenvalue weighted by Gasteiger charge is -2.05. The Balaban J connectivity index is 1.82. The van der Waals surface area contributed by atoms with Crippen molar-refractivity contribution < 1.29 is 9.53 Å². The van der Waals surface area contributed by atoms with Crippen LogP contribution >= 0.6 is 23.1 Å². The van der Waals surface area contributed by atoms with Crippen molar-refractivity contribution >= 4 is 34.2 Å². The van der Waals surface area contributed by atoms with Crippen LogP contribution < -0.4 is 10.1 Å². The first kappa shape index (κ1) is 18.3. The molecule has 0 bridgehead atoms. The summed E-state index contributed by atoms with van der Waals surface area (Å²) in [7, 11) is 3.32. The molecule has 0 radical (unpaired) electrons. The van der Waals surface area contributed by atoms with Gasteiger partial charge in [-0.1, -0.05) is 25.4 Å². The zero-order chi connectivity index (χ0) is 18.8. The molecule has 7 nitrogen and oxygen atoms in total. The largest absolute Gasteiger partial charge is 0.497 e. The predicted octanol–water partition coefficient (Wildman–Crippen LogP) is 3.98. The fourth-order valence-corrected chi connectivity index (χ4v) is 3.23. The highest BCUT2D eigenvalue weighted by Crippen LogP contribution is 2.28. The third-order valence-electron chi connectivity index (χ3n) is 3.77. The molecule has 2 aromatic heterocycles. The number of nitrogens with one attached hydrogen (secondary N) is 1. The first-order valence-electron chi connectivity index (χ1n) is 7.92. The highest BCUT2D eigenvalue weighted by molar-refractivity contribution is 7.10. The zero-order valence-electron chi connectivity index (χ0n) is 14.8. The number of nitrogens with zero attached hydrogens (tertiary/aromatic N) is 4. The van der Waals surface area contributed by atoms with Crippen LogP contribution in [0.15, 0.2) is 24.3 Å². The highest BCUT2D eigenvalue weighted by Gasteiger charge is 2.24. The van der Waals surface area contributed by atoms with E-state index in [0.29, 0.717) is 27.4 Å². The van der Waals surface area contributed by atoms with Crippen molar-refractivity contribution in [1.82, 2.24) is 19.1 Å². The topological polar surface area (TPSA) is 81.9 Å². The third kappa shape index (κ3) is 3.56. The number of rotatable bonds is 5.